The van der Waals surface area contributed by atoms with Gasteiger partial charge in [-0.15, -0.1) is 0 Å². The molecule has 1 aromatic heterocycles. The van der Waals surface area contributed by atoms with E-state index in [0.717, 1.165) is 10.9 Å². The molecule has 0 bridgehead atoms. The first kappa shape index (κ1) is 15.4. The van der Waals surface area contributed by atoms with Crippen molar-refractivity contribution in [1.82, 2.24) is 9.88 Å². The lowest BCUT2D eigenvalue weighted by molar-refractivity contribution is 0.0169. The molecule has 1 fully saturated rings. The van der Waals surface area contributed by atoms with Crippen LogP contribution in [0, 0.1) is 0 Å². The molecule has 2 aromatic carbocycles. The minimum absolute atomic E-state index is 0.0117. The number of para-hydroxylation sites is 2. The molecule has 0 aliphatic carbocycles. The first-order chi connectivity index (χ1) is 12.2. The lowest BCUT2D eigenvalue weighted by atomic mass is 10.1. The van der Waals surface area contributed by atoms with Crippen molar-refractivity contribution in [3.63, 3.8) is 0 Å². The summed E-state index contributed by atoms with van der Waals surface area (Å²) in [5.41, 5.74) is 1.57. The molecule has 1 amide bonds. The van der Waals surface area contributed by atoms with Gasteiger partial charge in [-0.05, 0) is 36.4 Å². The Morgan fingerprint density at radius 3 is 2.68 bits per heavy atom. The fraction of sp³-hybridized carbons (Fsp3) is 0.200. The van der Waals surface area contributed by atoms with E-state index in [-0.39, 0.29) is 12.0 Å². The molecule has 1 aliphatic heterocycles. The average molecular weight is 334 g/mol. The second kappa shape index (κ2) is 6.43. The summed E-state index contributed by atoms with van der Waals surface area (Å²) in [7, 11) is 1.62. The molecule has 3 aromatic rings. The number of aromatic nitrogens is 1. The quantitative estimate of drug-likeness (QED) is 0.735. The van der Waals surface area contributed by atoms with E-state index in [0.29, 0.717) is 30.2 Å². The van der Waals surface area contributed by atoms with Crippen LogP contribution < -0.4 is 9.47 Å². The fourth-order valence-electron chi connectivity index (χ4n) is 2.97. The first-order valence-electron chi connectivity index (χ1n) is 8.18. The van der Waals surface area contributed by atoms with E-state index in [9.17, 15) is 4.79 Å². The zero-order valence-corrected chi connectivity index (χ0v) is 13.9. The fourth-order valence-corrected chi connectivity index (χ4v) is 2.97. The van der Waals surface area contributed by atoms with Crippen LogP contribution in [-0.2, 0) is 0 Å². The smallest absolute Gasteiger partial charge is 0.254 e. The zero-order valence-electron chi connectivity index (χ0n) is 13.9. The third-order valence-electron chi connectivity index (χ3n) is 4.35. The predicted molar refractivity (Wildman–Crippen MR) is 95.1 cm³/mol. The molecular formula is C20H18N2O3. The second-order valence-electron chi connectivity index (χ2n) is 6.01. The zero-order chi connectivity index (χ0) is 17.2. The Balaban J connectivity index is 1.41. The van der Waals surface area contributed by atoms with Crippen LogP contribution in [0.15, 0.2) is 60.8 Å². The highest BCUT2D eigenvalue weighted by molar-refractivity contribution is 5.98. The minimum atomic E-state index is -0.0117. The number of hydrogen-bond acceptors (Lipinski definition) is 4. The maximum atomic E-state index is 12.6. The van der Waals surface area contributed by atoms with Crippen LogP contribution in [-0.4, -0.2) is 42.1 Å². The van der Waals surface area contributed by atoms with Crippen molar-refractivity contribution in [1.29, 1.82) is 0 Å². The number of ether oxygens (including phenoxy) is 2. The molecule has 0 atom stereocenters. The largest absolute Gasteiger partial charge is 0.493 e. The summed E-state index contributed by atoms with van der Waals surface area (Å²) in [4.78, 5) is 18.7. The van der Waals surface area contributed by atoms with E-state index in [1.807, 2.05) is 54.6 Å². The van der Waals surface area contributed by atoms with Crippen LogP contribution in [0.3, 0.4) is 0 Å². The van der Waals surface area contributed by atoms with Gasteiger partial charge in [0.1, 0.15) is 6.10 Å². The number of carbonyl (C=O) groups excluding carboxylic acids is 1. The summed E-state index contributed by atoms with van der Waals surface area (Å²) in [6, 6.07) is 17.0. The molecule has 126 valence electrons. The third-order valence-corrected chi connectivity index (χ3v) is 4.35. The van der Waals surface area contributed by atoms with Gasteiger partial charge in [-0.2, -0.15) is 0 Å². The molecular weight excluding hydrogens is 316 g/mol. The van der Waals surface area contributed by atoms with E-state index in [1.165, 1.54) is 0 Å². The molecule has 5 nitrogen and oxygen atoms in total. The number of benzene rings is 2. The highest BCUT2D eigenvalue weighted by atomic mass is 16.5. The SMILES string of the molecule is COc1ccccc1OC1CN(C(=O)c2ccc3ncccc3c2)C1. The number of fused-ring (bicyclic) bond motifs is 1. The van der Waals surface area contributed by atoms with Crippen molar-refractivity contribution in [2.75, 3.05) is 20.2 Å². The normalized spacial score (nSPS) is 14.2. The molecule has 0 unspecified atom stereocenters. The molecule has 4 rings (SSSR count). The van der Waals surface area contributed by atoms with Gasteiger partial charge in [0.05, 0.1) is 25.7 Å². The van der Waals surface area contributed by atoms with Gasteiger partial charge in [0.25, 0.3) is 5.91 Å². The molecule has 0 N–H and O–H groups in total. The average Bonchev–Trinajstić information content (AvgIpc) is 2.63. The summed E-state index contributed by atoms with van der Waals surface area (Å²) in [6.07, 6.45) is 1.74. The maximum absolute atomic E-state index is 12.6. The van der Waals surface area contributed by atoms with Crippen LogP contribution in [0.1, 0.15) is 10.4 Å². The lowest BCUT2D eigenvalue weighted by Gasteiger charge is -2.39. The molecule has 2 heterocycles. The molecule has 0 saturated carbocycles. The van der Waals surface area contributed by atoms with Gasteiger partial charge in [0.15, 0.2) is 11.5 Å². The van der Waals surface area contributed by atoms with Crippen LogP contribution in [0.4, 0.5) is 0 Å². The first-order valence-corrected chi connectivity index (χ1v) is 8.18. The number of likely N-dealkylation sites (tertiary alicyclic amines) is 1. The maximum Gasteiger partial charge on any atom is 0.254 e. The van der Waals surface area contributed by atoms with Gasteiger partial charge in [-0.3, -0.25) is 9.78 Å². The predicted octanol–water partition coefficient (Wildman–Crippen LogP) is 3.15. The van der Waals surface area contributed by atoms with Gasteiger partial charge in [-0.25, -0.2) is 0 Å². The Bertz CT molecular complexity index is 919. The number of rotatable bonds is 4. The number of nitrogens with zero attached hydrogens (tertiary/aromatic N) is 2. The molecule has 1 aliphatic rings. The van der Waals surface area contributed by atoms with Crippen molar-refractivity contribution < 1.29 is 14.3 Å². The van der Waals surface area contributed by atoms with Crippen molar-refractivity contribution >= 4 is 16.8 Å². The Labute approximate surface area is 145 Å². The molecule has 25 heavy (non-hydrogen) atoms. The number of methoxy groups -OCH3 is 1. The minimum Gasteiger partial charge on any atom is -0.493 e. The summed E-state index contributed by atoms with van der Waals surface area (Å²) in [5.74, 6) is 1.43. The Morgan fingerprint density at radius 2 is 1.88 bits per heavy atom. The van der Waals surface area contributed by atoms with Gasteiger partial charge in [0, 0.05) is 17.1 Å². The number of amides is 1. The summed E-state index contributed by atoms with van der Waals surface area (Å²) in [5, 5.41) is 0.968. The van der Waals surface area contributed by atoms with Gasteiger partial charge in [0.2, 0.25) is 0 Å². The van der Waals surface area contributed by atoms with Crippen LogP contribution in [0.25, 0.3) is 10.9 Å². The third kappa shape index (κ3) is 3.01. The number of carbonyl (C=O) groups is 1. The Hall–Kier alpha value is -3.08. The van der Waals surface area contributed by atoms with Crippen LogP contribution in [0.2, 0.25) is 0 Å². The van der Waals surface area contributed by atoms with E-state index < -0.39 is 0 Å². The van der Waals surface area contributed by atoms with Gasteiger partial charge in [-0.1, -0.05) is 18.2 Å². The second-order valence-corrected chi connectivity index (χ2v) is 6.01. The standard InChI is InChI=1S/C20H18N2O3/c1-24-18-6-2-3-7-19(18)25-16-12-22(13-16)20(23)15-8-9-17-14(11-15)5-4-10-21-17/h2-11,16H,12-13H2,1H3. The summed E-state index contributed by atoms with van der Waals surface area (Å²) < 4.78 is 11.2. The van der Waals surface area contributed by atoms with Crippen LogP contribution >= 0.6 is 0 Å². The van der Waals surface area contributed by atoms with Crippen molar-refractivity contribution in [2.24, 2.45) is 0 Å². The topological polar surface area (TPSA) is 51.7 Å². The molecule has 0 radical (unpaired) electrons. The lowest BCUT2D eigenvalue weighted by Crippen LogP contribution is -2.56. The highest BCUT2D eigenvalue weighted by Gasteiger charge is 2.33. The van der Waals surface area contributed by atoms with Gasteiger partial charge >= 0.3 is 0 Å². The van der Waals surface area contributed by atoms with Crippen molar-refractivity contribution in [2.45, 2.75) is 6.10 Å². The Kier molecular flexibility index (Phi) is 3.98. The van der Waals surface area contributed by atoms with E-state index in [1.54, 1.807) is 18.2 Å². The Morgan fingerprint density at radius 1 is 1.08 bits per heavy atom. The van der Waals surface area contributed by atoms with Crippen molar-refractivity contribution in [3.8, 4) is 11.5 Å². The highest BCUT2D eigenvalue weighted by Crippen LogP contribution is 2.29. The number of hydrogen-bond donors (Lipinski definition) is 0. The van der Waals surface area contributed by atoms with Gasteiger partial charge < -0.3 is 14.4 Å². The van der Waals surface area contributed by atoms with E-state index in [4.69, 9.17) is 9.47 Å². The monoisotopic (exact) mass is 334 g/mol. The van der Waals surface area contributed by atoms with E-state index >= 15 is 0 Å². The molecule has 0 spiro atoms. The van der Waals surface area contributed by atoms with E-state index in [2.05, 4.69) is 4.98 Å². The van der Waals surface area contributed by atoms with Crippen molar-refractivity contribution in [3.05, 3.63) is 66.4 Å². The summed E-state index contributed by atoms with van der Waals surface area (Å²) in [6.45, 7) is 1.14. The summed E-state index contributed by atoms with van der Waals surface area (Å²) >= 11 is 0. The number of pyridine rings is 1. The molecule has 1 saturated heterocycles. The van der Waals surface area contributed by atoms with Crippen LogP contribution in [0.5, 0.6) is 11.5 Å². The molecule has 5 heteroatoms.